The van der Waals surface area contributed by atoms with E-state index >= 15 is 0 Å². The Morgan fingerprint density at radius 3 is 2.24 bits per heavy atom. The number of thiophene rings is 1. The van der Waals surface area contributed by atoms with Crippen molar-refractivity contribution in [2.45, 2.75) is 50.3 Å². The number of fused-ring (bicyclic) bond motifs is 2. The predicted octanol–water partition coefficient (Wildman–Crippen LogP) is 7.85. The van der Waals surface area contributed by atoms with Crippen molar-refractivity contribution in [1.29, 1.82) is 0 Å². The minimum Gasteiger partial charge on any atom is -0.508 e. The number of likely N-dealkylation sites (tertiary alicyclic amines) is 1. The molecule has 2 amide bonds. The lowest BCUT2D eigenvalue weighted by molar-refractivity contribution is -0.132. The molecule has 1 unspecified atom stereocenters. The Kier molecular flexibility index (Phi) is 8.99. The van der Waals surface area contributed by atoms with Gasteiger partial charge in [-0.3, -0.25) is 29.0 Å². The van der Waals surface area contributed by atoms with Gasteiger partial charge in [0.05, 0.1) is 28.5 Å². The van der Waals surface area contributed by atoms with Crippen LogP contribution in [0.25, 0.3) is 20.5 Å². The number of benzene rings is 4. The van der Waals surface area contributed by atoms with E-state index in [1.807, 2.05) is 60.7 Å². The van der Waals surface area contributed by atoms with E-state index in [1.165, 1.54) is 0 Å². The maximum atomic E-state index is 13.3. The standard InChI is InChI=1S/C42H36BrN3O7S/c43-25-3-1-24(2-4-25)40-39(34-13-6-29(48)21-38(34)54-40)53-31-10-8-30(9-11-31)52-32-22-45(23-32)26-15-17-44(18-16-26)27-5-12-33-35(19-27)42(51)46(41(33)50)36-14-7-28(47)20-37(36)49/h1-6,8-13,19,21,26,32,36,48H,7,14-18,20,22-23H2. The Hall–Kier alpha value is -5.04. The normalized spacial score (nSPS) is 19.8. The van der Waals surface area contributed by atoms with Crippen LogP contribution in [0.4, 0.5) is 5.69 Å². The van der Waals surface area contributed by atoms with Gasteiger partial charge in [-0.2, -0.15) is 0 Å². The van der Waals surface area contributed by atoms with Crippen LogP contribution in [0.15, 0.2) is 89.4 Å². The Bertz CT molecular complexity index is 2310. The molecule has 1 N–H and O–H groups in total. The molecule has 0 bridgehead atoms. The van der Waals surface area contributed by atoms with E-state index in [2.05, 4.69) is 25.7 Å². The van der Waals surface area contributed by atoms with Crippen LogP contribution in [0.1, 0.15) is 52.8 Å². The Labute approximate surface area is 324 Å². The second-order valence-corrected chi connectivity index (χ2v) is 16.3. The van der Waals surface area contributed by atoms with E-state index in [0.29, 0.717) is 22.9 Å². The highest BCUT2D eigenvalue weighted by Gasteiger charge is 2.45. The first kappa shape index (κ1) is 34.7. The Balaban J connectivity index is 0.784. The highest BCUT2D eigenvalue weighted by Crippen LogP contribution is 2.47. The van der Waals surface area contributed by atoms with Crippen LogP contribution < -0.4 is 14.4 Å². The fourth-order valence-corrected chi connectivity index (χ4v) is 9.47. The van der Waals surface area contributed by atoms with Crippen molar-refractivity contribution in [3.05, 3.63) is 101 Å². The maximum absolute atomic E-state index is 13.3. The molecule has 2 saturated heterocycles. The van der Waals surface area contributed by atoms with Crippen LogP contribution in [0.3, 0.4) is 0 Å². The smallest absolute Gasteiger partial charge is 0.262 e. The van der Waals surface area contributed by atoms with E-state index in [-0.39, 0.29) is 42.7 Å². The minimum absolute atomic E-state index is 0.102. The molecule has 4 aromatic carbocycles. The summed E-state index contributed by atoms with van der Waals surface area (Å²) in [4.78, 5) is 57.5. The van der Waals surface area contributed by atoms with Gasteiger partial charge in [0.25, 0.3) is 11.8 Å². The van der Waals surface area contributed by atoms with E-state index in [1.54, 1.807) is 35.6 Å². The predicted molar refractivity (Wildman–Crippen MR) is 209 cm³/mol. The highest BCUT2D eigenvalue weighted by atomic mass is 79.9. The van der Waals surface area contributed by atoms with Gasteiger partial charge in [-0.15, -0.1) is 11.3 Å². The number of imide groups is 1. The molecule has 4 heterocycles. The zero-order chi connectivity index (χ0) is 37.1. The molecule has 1 aliphatic carbocycles. The van der Waals surface area contributed by atoms with E-state index < -0.39 is 17.9 Å². The van der Waals surface area contributed by atoms with E-state index in [9.17, 15) is 24.3 Å². The van der Waals surface area contributed by atoms with E-state index in [4.69, 9.17) is 9.47 Å². The Morgan fingerprint density at radius 2 is 1.50 bits per heavy atom. The number of amides is 2. The number of hydrogen-bond donors (Lipinski definition) is 1. The van der Waals surface area contributed by atoms with Gasteiger partial charge in [0.2, 0.25) is 0 Å². The molecule has 1 saturated carbocycles. The third kappa shape index (κ3) is 6.46. The number of hydrogen-bond acceptors (Lipinski definition) is 10. The summed E-state index contributed by atoms with van der Waals surface area (Å²) in [6.45, 7) is 3.35. The summed E-state index contributed by atoms with van der Waals surface area (Å²) in [5.74, 6) is 1.06. The van der Waals surface area contributed by atoms with Crippen molar-refractivity contribution < 1.29 is 33.8 Å². The van der Waals surface area contributed by atoms with Gasteiger partial charge in [0, 0.05) is 58.9 Å². The molecular formula is C42H36BrN3O7S. The van der Waals surface area contributed by atoms with Crippen LogP contribution in [-0.4, -0.2) is 82.7 Å². The number of ketones is 2. The zero-order valence-corrected chi connectivity index (χ0v) is 31.6. The average molecular weight is 807 g/mol. The molecule has 0 radical (unpaired) electrons. The molecule has 54 heavy (non-hydrogen) atoms. The second kappa shape index (κ2) is 14.0. The topological polar surface area (TPSA) is 117 Å². The van der Waals surface area contributed by atoms with Crippen molar-refractivity contribution in [2.75, 3.05) is 31.1 Å². The molecule has 10 nitrogen and oxygen atoms in total. The van der Waals surface area contributed by atoms with Gasteiger partial charge < -0.3 is 19.5 Å². The van der Waals surface area contributed by atoms with Crippen LogP contribution in [0, 0.1) is 0 Å². The number of carbonyl (C=O) groups excluding carboxylic acids is 4. The minimum atomic E-state index is -0.862. The highest BCUT2D eigenvalue weighted by molar-refractivity contribution is 9.10. The van der Waals surface area contributed by atoms with Gasteiger partial charge in [0.1, 0.15) is 29.1 Å². The largest absolute Gasteiger partial charge is 0.508 e. The molecule has 1 aromatic heterocycles. The fraction of sp³-hybridized carbons (Fsp3) is 0.286. The summed E-state index contributed by atoms with van der Waals surface area (Å²) in [5, 5.41) is 11.0. The van der Waals surface area contributed by atoms with Gasteiger partial charge in [-0.05, 0) is 97.6 Å². The first-order valence-electron chi connectivity index (χ1n) is 18.2. The monoisotopic (exact) mass is 805 g/mol. The number of phenols is 1. The summed E-state index contributed by atoms with van der Waals surface area (Å²) in [7, 11) is 0. The van der Waals surface area contributed by atoms with Crippen LogP contribution >= 0.6 is 27.3 Å². The third-order valence-electron chi connectivity index (χ3n) is 11.0. The summed E-state index contributed by atoms with van der Waals surface area (Å²) >= 11 is 5.10. The number of phenolic OH excluding ortho intramolecular Hbond substituents is 1. The van der Waals surface area contributed by atoms with Crippen molar-refractivity contribution in [2.24, 2.45) is 0 Å². The van der Waals surface area contributed by atoms with E-state index in [0.717, 1.165) is 86.1 Å². The number of anilines is 1. The van der Waals surface area contributed by atoms with Crippen LogP contribution in [0.2, 0.25) is 0 Å². The molecule has 1 atom stereocenters. The van der Waals surface area contributed by atoms with Gasteiger partial charge >= 0.3 is 0 Å². The molecule has 274 valence electrons. The lowest BCUT2D eigenvalue weighted by atomic mass is 9.92. The summed E-state index contributed by atoms with van der Waals surface area (Å²) in [5.41, 5.74) is 2.58. The molecule has 0 spiro atoms. The number of ether oxygens (including phenoxy) is 2. The number of halogens is 1. The number of Topliss-reactive ketones (excluding diaryl/α,β-unsaturated/α-hetero) is 2. The van der Waals surface area contributed by atoms with Crippen molar-refractivity contribution in [3.8, 4) is 33.4 Å². The first-order chi connectivity index (χ1) is 26.2. The summed E-state index contributed by atoms with van der Waals surface area (Å²) < 4.78 is 14.8. The van der Waals surface area contributed by atoms with Crippen LogP contribution in [-0.2, 0) is 9.59 Å². The quantitative estimate of drug-likeness (QED) is 0.124. The van der Waals surface area contributed by atoms with Gasteiger partial charge in [-0.1, -0.05) is 28.1 Å². The number of aromatic hydroxyl groups is 1. The summed E-state index contributed by atoms with van der Waals surface area (Å²) in [6.07, 6.45) is 2.22. The second-order valence-electron chi connectivity index (χ2n) is 14.4. The van der Waals surface area contributed by atoms with Crippen molar-refractivity contribution in [1.82, 2.24) is 9.80 Å². The molecule has 9 rings (SSSR count). The first-order valence-corrected chi connectivity index (χ1v) is 19.8. The summed E-state index contributed by atoms with van der Waals surface area (Å²) in [6, 6.07) is 26.1. The molecule has 12 heteroatoms. The Morgan fingerprint density at radius 1 is 0.778 bits per heavy atom. The number of nitrogens with zero attached hydrogens (tertiary/aromatic N) is 3. The number of piperidine rings is 1. The van der Waals surface area contributed by atoms with Gasteiger partial charge in [-0.25, -0.2) is 0 Å². The molecule has 5 aromatic rings. The fourth-order valence-electron chi connectivity index (χ4n) is 8.04. The zero-order valence-electron chi connectivity index (χ0n) is 29.2. The van der Waals surface area contributed by atoms with Crippen molar-refractivity contribution in [3.63, 3.8) is 0 Å². The molecular weight excluding hydrogens is 770 g/mol. The SMILES string of the molecule is O=C1CCC(N2C(=O)c3ccc(N4CCC(N5CC(Oc6ccc(Oc7c(-c8ccc(Br)cc8)sc8cc(O)ccc78)cc6)C5)CC4)cc3C2=O)C(=O)C1. The number of carbonyl (C=O) groups is 4. The molecule has 4 aliphatic rings. The lowest BCUT2D eigenvalue weighted by Gasteiger charge is -2.47. The average Bonchev–Trinajstić information content (AvgIpc) is 3.63. The number of rotatable bonds is 8. The third-order valence-corrected chi connectivity index (χ3v) is 12.7. The lowest BCUT2D eigenvalue weighted by Crippen LogP contribution is -2.59. The molecule has 3 aliphatic heterocycles. The molecule has 3 fully saturated rings. The van der Waals surface area contributed by atoms with Gasteiger partial charge in [0.15, 0.2) is 11.5 Å². The maximum Gasteiger partial charge on any atom is 0.262 e. The van der Waals surface area contributed by atoms with Crippen molar-refractivity contribution >= 4 is 66.4 Å². The van der Waals surface area contributed by atoms with Crippen LogP contribution in [0.5, 0.6) is 23.0 Å².